The summed E-state index contributed by atoms with van der Waals surface area (Å²) in [6.45, 7) is 2.27. The van der Waals surface area contributed by atoms with E-state index in [-0.39, 0.29) is 0 Å². The summed E-state index contributed by atoms with van der Waals surface area (Å²) < 4.78 is 23.4. The van der Waals surface area contributed by atoms with Gasteiger partial charge in [-0.05, 0) is 133 Å². The fourth-order valence-corrected chi connectivity index (χ4v) is 7.59. The minimum Gasteiger partial charge on any atom is -0.497 e. The van der Waals surface area contributed by atoms with Crippen molar-refractivity contribution in [3.63, 3.8) is 0 Å². The van der Waals surface area contributed by atoms with E-state index in [9.17, 15) is 0 Å². The number of benzene rings is 7. The van der Waals surface area contributed by atoms with E-state index in [4.69, 9.17) is 28.6 Å². The second-order valence-electron chi connectivity index (χ2n) is 14.8. The number of hydrogen-bond acceptors (Lipinski definition) is 11. The highest BCUT2D eigenvalue weighted by molar-refractivity contribution is 6.11. The predicted molar refractivity (Wildman–Crippen MR) is 247 cm³/mol. The van der Waals surface area contributed by atoms with E-state index in [2.05, 4.69) is 61.4 Å². The summed E-state index contributed by atoms with van der Waals surface area (Å²) in [6, 6.07) is 62.3. The van der Waals surface area contributed by atoms with Crippen LogP contribution in [0.25, 0.3) is 0 Å². The molecule has 7 aromatic rings. The highest BCUT2D eigenvalue weighted by Gasteiger charge is 2.35. The maximum atomic E-state index is 6.30. The lowest BCUT2D eigenvalue weighted by Gasteiger charge is -2.26. The summed E-state index contributed by atoms with van der Waals surface area (Å²) in [6.07, 6.45) is -0.898. The molecule has 0 spiro atoms. The molecule has 11 nitrogen and oxygen atoms in total. The minimum atomic E-state index is -0.449. The zero-order chi connectivity index (χ0) is 42.8. The van der Waals surface area contributed by atoms with Crippen LogP contribution in [-0.2, 0) is 9.68 Å². The molecule has 0 aliphatic carbocycles. The van der Waals surface area contributed by atoms with Crippen LogP contribution in [0.4, 0.5) is 17.1 Å². The van der Waals surface area contributed by atoms with Gasteiger partial charge in [-0.15, -0.1) is 0 Å². The number of hydrogen-bond donors (Lipinski definition) is 0. The number of para-hydroxylation sites is 3. The Bertz CT molecular complexity index is 2430. The number of anilines is 3. The quantitative estimate of drug-likeness (QED) is 0.0889. The van der Waals surface area contributed by atoms with Crippen molar-refractivity contribution in [1.82, 2.24) is 0 Å². The Balaban J connectivity index is 0.816. The SMILES string of the molecule is COc1ccc(C2=NOC(c3ccc(OCCN(CCOc4ccc(C5ON=C(c6ccc(OC)cc6)N5c5ccccc5)cc4)c4ccccc4)cc3)N2c2ccccc2)cc1. The second-order valence-corrected chi connectivity index (χ2v) is 14.8. The van der Waals surface area contributed by atoms with Gasteiger partial charge in [-0.25, -0.2) is 0 Å². The van der Waals surface area contributed by atoms with E-state index in [0.717, 1.165) is 74.0 Å². The summed E-state index contributed by atoms with van der Waals surface area (Å²) in [7, 11) is 3.31. The lowest BCUT2D eigenvalue weighted by Crippen LogP contribution is -2.32. The molecule has 11 heteroatoms. The average molecular weight is 838 g/mol. The predicted octanol–water partition coefficient (Wildman–Crippen LogP) is 10.5. The Hall–Kier alpha value is -7.92. The molecule has 2 atom stereocenters. The van der Waals surface area contributed by atoms with Crippen molar-refractivity contribution >= 4 is 28.7 Å². The Labute approximate surface area is 367 Å². The van der Waals surface area contributed by atoms with Gasteiger partial charge in [0, 0.05) is 39.3 Å². The first-order chi connectivity index (χ1) is 31.1. The smallest absolute Gasteiger partial charge is 0.231 e. The van der Waals surface area contributed by atoms with Crippen LogP contribution in [0.2, 0.25) is 0 Å². The van der Waals surface area contributed by atoms with E-state index in [0.29, 0.717) is 26.3 Å². The molecule has 0 fully saturated rings. The normalized spacial score (nSPS) is 15.5. The second kappa shape index (κ2) is 19.2. The van der Waals surface area contributed by atoms with Gasteiger partial charge in [0.1, 0.15) is 36.2 Å². The molecule has 0 bridgehead atoms. The van der Waals surface area contributed by atoms with Gasteiger partial charge in [0.15, 0.2) is 11.7 Å². The van der Waals surface area contributed by atoms with Crippen LogP contribution in [0.3, 0.4) is 0 Å². The first-order valence-corrected chi connectivity index (χ1v) is 20.9. The molecular formula is C52H47N5O6. The number of rotatable bonds is 17. The van der Waals surface area contributed by atoms with Gasteiger partial charge < -0.3 is 33.5 Å². The number of amidine groups is 2. The summed E-state index contributed by atoms with van der Waals surface area (Å²) >= 11 is 0. The Morgan fingerprint density at radius 2 is 0.810 bits per heavy atom. The highest BCUT2D eigenvalue weighted by atomic mass is 16.7. The molecule has 0 saturated heterocycles. The first-order valence-electron chi connectivity index (χ1n) is 20.9. The maximum absolute atomic E-state index is 6.30. The number of methoxy groups -OCH3 is 2. The largest absolute Gasteiger partial charge is 0.497 e. The van der Waals surface area contributed by atoms with Crippen LogP contribution in [0.5, 0.6) is 23.0 Å². The molecule has 9 rings (SSSR count). The molecule has 63 heavy (non-hydrogen) atoms. The molecule has 0 saturated carbocycles. The Morgan fingerprint density at radius 3 is 1.19 bits per heavy atom. The van der Waals surface area contributed by atoms with Crippen LogP contribution in [0.1, 0.15) is 34.7 Å². The molecule has 7 aromatic carbocycles. The summed E-state index contributed by atoms with van der Waals surface area (Å²) in [4.78, 5) is 18.6. The van der Waals surface area contributed by atoms with Gasteiger partial charge in [-0.1, -0.05) is 64.9 Å². The number of oxime groups is 2. The first kappa shape index (κ1) is 40.5. The standard InChI is InChI=1S/C52H47N5O6/c1-58-45-26-18-38(19-27-45)49-53-62-51(56(49)43-14-8-4-9-15-43)40-22-30-47(31-23-40)60-36-34-55(42-12-6-3-7-13-42)35-37-61-48-32-24-41(25-33-48)52-57(44-16-10-5-11-17-44)50(54-63-52)39-20-28-46(59-2)29-21-39/h3-33,51-52H,34-37H2,1-2H3. The monoisotopic (exact) mass is 837 g/mol. The van der Waals surface area contributed by atoms with Gasteiger partial charge in [0.2, 0.25) is 12.5 Å². The maximum Gasteiger partial charge on any atom is 0.231 e. The molecule has 2 unspecified atom stereocenters. The Morgan fingerprint density at radius 1 is 0.444 bits per heavy atom. The van der Waals surface area contributed by atoms with Crippen LogP contribution in [-0.4, -0.2) is 52.2 Å². The van der Waals surface area contributed by atoms with Crippen molar-refractivity contribution in [3.8, 4) is 23.0 Å². The molecule has 316 valence electrons. The summed E-state index contributed by atoms with van der Waals surface area (Å²) in [5.41, 5.74) is 6.79. The van der Waals surface area contributed by atoms with Gasteiger partial charge in [-0.3, -0.25) is 9.80 Å². The molecule has 2 aliphatic heterocycles. The molecule has 0 amide bonds. The van der Waals surface area contributed by atoms with Crippen LogP contribution < -0.4 is 33.6 Å². The van der Waals surface area contributed by atoms with E-state index in [1.165, 1.54) is 0 Å². The fourth-order valence-electron chi connectivity index (χ4n) is 7.59. The minimum absolute atomic E-state index is 0.449. The molecule has 0 aromatic heterocycles. The van der Waals surface area contributed by atoms with Gasteiger partial charge in [-0.2, -0.15) is 0 Å². The fraction of sp³-hybridized carbons (Fsp3) is 0.154. The van der Waals surface area contributed by atoms with Crippen LogP contribution in [0.15, 0.2) is 198 Å². The third kappa shape index (κ3) is 9.23. The van der Waals surface area contributed by atoms with Crippen molar-refractivity contribution in [2.45, 2.75) is 12.5 Å². The Kier molecular flexibility index (Phi) is 12.3. The third-order valence-corrected chi connectivity index (χ3v) is 10.9. The van der Waals surface area contributed by atoms with Crippen molar-refractivity contribution in [2.24, 2.45) is 10.3 Å². The number of ether oxygens (including phenoxy) is 4. The van der Waals surface area contributed by atoms with E-state index >= 15 is 0 Å². The topological polar surface area (TPSA) is 89.8 Å². The lowest BCUT2D eigenvalue weighted by molar-refractivity contribution is 0.0867. The summed E-state index contributed by atoms with van der Waals surface area (Å²) in [5, 5.41) is 9.06. The molecular weight excluding hydrogens is 791 g/mol. The highest BCUT2D eigenvalue weighted by Crippen LogP contribution is 2.37. The lowest BCUT2D eigenvalue weighted by atomic mass is 10.1. The zero-order valence-corrected chi connectivity index (χ0v) is 35.1. The van der Waals surface area contributed by atoms with Gasteiger partial charge in [0.05, 0.1) is 27.3 Å². The van der Waals surface area contributed by atoms with Gasteiger partial charge in [0.25, 0.3) is 0 Å². The summed E-state index contributed by atoms with van der Waals surface area (Å²) in [5.74, 6) is 4.54. The molecule has 2 heterocycles. The van der Waals surface area contributed by atoms with Crippen molar-refractivity contribution in [3.05, 3.63) is 210 Å². The van der Waals surface area contributed by atoms with Crippen LogP contribution >= 0.6 is 0 Å². The zero-order valence-electron chi connectivity index (χ0n) is 35.1. The van der Waals surface area contributed by atoms with E-state index < -0.39 is 12.5 Å². The average Bonchev–Trinajstić information content (AvgIpc) is 4.01. The van der Waals surface area contributed by atoms with E-state index in [1.807, 2.05) is 152 Å². The van der Waals surface area contributed by atoms with Gasteiger partial charge >= 0.3 is 0 Å². The van der Waals surface area contributed by atoms with Crippen LogP contribution in [0, 0.1) is 0 Å². The number of nitrogens with zero attached hydrogens (tertiary/aromatic N) is 5. The van der Waals surface area contributed by atoms with E-state index in [1.54, 1.807) is 14.2 Å². The molecule has 0 N–H and O–H groups in total. The van der Waals surface area contributed by atoms with Crippen molar-refractivity contribution < 1.29 is 28.6 Å². The van der Waals surface area contributed by atoms with Crippen molar-refractivity contribution in [1.29, 1.82) is 0 Å². The third-order valence-electron chi connectivity index (χ3n) is 10.9. The molecule has 2 aliphatic rings. The molecule has 0 radical (unpaired) electrons. The van der Waals surface area contributed by atoms with Crippen molar-refractivity contribution in [2.75, 3.05) is 55.2 Å².